The lowest BCUT2D eigenvalue weighted by molar-refractivity contribution is -0.139. The number of carbonyl (C=O) groups is 2. The molecule has 2 rings (SSSR count). The largest absolute Gasteiger partial charge is 0.483 e. The van der Waals surface area contributed by atoms with E-state index in [1.54, 1.807) is 12.1 Å². The van der Waals surface area contributed by atoms with E-state index >= 15 is 0 Å². The first-order chi connectivity index (χ1) is 11.8. The molecule has 8 heteroatoms. The van der Waals surface area contributed by atoms with E-state index in [2.05, 4.69) is 10.1 Å². The van der Waals surface area contributed by atoms with Gasteiger partial charge in [0, 0.05) is 0 Å². The third-order valence-electron chi connectivity index (χ3n) is 3.16. The summed E-state index contributed by atoms with van der Waals surface area (Å²) < 4.78 is 48.2. The molecule has 0 bridgehead atoms. The van der Waals surface area contributed by atoms with Gasteiger partial charge in [-0.3, -0.25) is 4.79 Å². The van der Waals surface area contributed by atoms with E-state index < -0.39 is 36.0 Å². The number of anilines is 1. The highest BCUT2D eigenvalue weighted by molar-refractivity contribution is 6.01. The van der Waals surface area contributed by atoms with E-state index in [0.717, 1.165) is 12.1 Å². The lowest BCUT2D eigenvalue weighted by Gasteiger charge is -2.14. The Kier molecular flexibility index (Phi) is 5.63. The van der Waals surface area contributed by atoms with Crippen LogP contribution in [0.15, 0.2) is 48.5 Å². The molecule has 0 heterocycles. The normalized spacial score (nSPS) is 10.9. The van der Waals surface area contributed by atoms with Crippen molar-refractivity contribution in [3.05, 3.63) is 59.7 Å². The summed E-state index contributed by atoms with van der Waals surface area (Å²) in [4.78, 5) is 23.6. The molecule has 5 nitrogen and oxygen atoms in total. The molecule has 2 aromatic rings. The molecule has 0 radical (unpaired) electrons. The molecule has 1 amide bonds. The van der Waals surface area contributed by atoms with Crippen molar-refractivity contribution in [2.45, 2.75) is 6.18 Å². The van der Waals surface area contributed by atoms with Crippen molar-refractivity contribution < 1.29 is 32.2 Å². The molecule has 25 heavy (non-hydrogen) atoms. The van der Waals surface area contributed by atoms with Gasteiger partial charge in [0.25, 0.3) is 5.91 Å². The smallest absolute Gasteiger partial charge is 0.419 e. The Hall–Kier alpha value is -3.03. The number of nitrogens with one attached hydrogen (secondary N) is 1. The Morgan fingerprint density at radius 3 is 2.36 bits per heavy atom. The van der Waals surface area contributed by atoms with Crippen LogP contribution in [0.4, 0.5) is 18.9 Å². The second-order valence-electron chi connectivity index (χ2n) is 4.87. The number of benzene rings is 2. The second-order valence-corrected chi connectivity index (χ2v) is 4.87. The molecule has 2 aromatic carbocycles. The van der Waals surface area contributed by atoms with Crippen molar-refractivity contribution in [2.75, 3.05) is 19.0 Å². The first-order valence-electron chi connectivity index (χ1n) is 7.09. The summed E-state index contributed by atoms with van der Waals surface area (Å²) >= 11 is 0. The number of esters is 1. The zero-order chi connectivity index (χ0) is 18.4. The van der Waals surface area contributed by atoms with Gasteiger partial charge in [0.15, 0.2) is 6.61 Å². The average molecular weight is 353 g/mol. The maximum absolute atomic E-state index is 12.9. The van der Waals surface area contributed by atoms with Crippen LogP contribution in [-0.2, 0) is 15.7 Å². The Bertz CT molecular complexity index is 774. The van der Waals surface area contributed by atoms with Crippen molar-refractivity contribution in [3.63, 3.8) is 0 Å². The molecule has 1 N–H and O–H groups in total. The van der Waals surface area contributed by atoms with Gasteiger partial charge < -0.3 is 14.8 Å². The summed E-state index contributed by atoms with van der Waals surface area (Å²) in [5.74, 6) is -1.82. The molecule has 0 aliphatic rings. The molecular weight excluding hydrogens is 339 g/mol. The van der Waals surface area contributed by atoms with Crippen LogP contribution in [0.3, 0.4) is 0 Å². The highest BCUT2D eigenvalue weighted by Gasteiger charge is 2.34. The summed E-state index contributed by atoms with van der Waals surface area (Å²) in [7, 11) is 1.19. The molecule has 0 aliphatic carbocycles. The predicted molar refractivity (Wildman–Crippen MR) is 83.4 cm³/mol. The van der Waals surface area contributed by atoms with Crippen LogP contribution in [0.2, 0.25) is 0 Å². The first-order valence-corrected chi connectivity index (χ1v) is 7.09. The van der Waals surface area contributed by atoms with Crippen molar-refractivity contribution in [1.29, 1.82) is 0 Å². The SMILES string of the molecule is COC(=O)c1ccccc1NC(=O)COc1ccccc1C(F)(F)F. The minimum absolute atomic E-state index is 0.119. The average Bonchev–Trinajstić information content (AvgIpc) is 2.59. The molecule has 0 saturated heterocycles. The standard InChI is InChI=1S/C17H14F3NO4/c1-24-16(23)11-6-2-4-8-13(11)21-15(22)10-25-14-9-5-3-7-12(14)17(18,19)20/h2-9H,10H2,1H3,(H,21,22). The number of rotatable bonds is 5. The zero-order valence-corrected chi connectivity index (χ0v) is 13.1. The number of ether oxygens (including phenoxy) is 2. The van der Waals surface area contributed by atoms with Gasteiger partial charge in [0.2, 0.25) is 0 Å². The Morgan fingerprint density at radius 1 is 1.04 bits per heavy atom. The van der Waals surface area contributed by atoms with Gasteiger partial charge in [-0.15, -0.1) is 0 Å². The molecule has 0 saturated carbocycles. The van der Waals surface area contributed by atoms with E-state index in [4.69, 9.17) is 4.74 Å². The summed E-state index contributed by atoms with van der Waals surface area (Å²) in [5.41, 5.74) is -0.682. The fourth-order valence-electron chi connectivity index (χ4n) is 2.04. The summed E-state index contributed by atoms with van der Waals surface area (Å²) in [6.07, 6.45) is -4.59. The van der Waals surface area contributed by atoms with Gasteiger partial charge in [0.05, 0.1) is 23.9 Å². The number of amides is 1. The minimum Gasteiger partial charge on any atom is -0.483 e. The van der Waals surface area contributed by atoms with Crippen LogP contribution in [0.25, 0.3) is 0 Å². The first kappa shape index (κ1) is 18.3. The number of methoxy groups -OCH3 is 1. The quantitative estimate of drug-likeness (QED) is 0.836. The molecule has 0 unspecified atom stereocenters. The summed E-state index contributed by atoms with van der Waals surface area (Å²) in [5, 5.41) is 2.41. The van der Waals surface area contributed by atoms with Gasteiger partial charge in [-0.05, 0) is 24.3 Å². The van der Waals surface area contributed by atoms with Gasteiger partial charge in [0.1, 0.15) is 5.75 Å². The highest BCUT2D eigenvalue weighted by atomic mass is 19.4. The monoisotopic (exact) mass is 353 g/mol. The third-order valence-corrected chi connectivity index (χ3v) is 3.16. The topological polar surface area (TPSA) is 64.6 Å². The number of hydrogen-bond acceptors (Lipinski definition) is 4. The van der Waals surface area contributed by atoms with Crippen LogP contribution < -0.4 is 10.1 Å². The Morgan fingerprint density at radius 2 is 1.68 bits per heavy atom. The van der Waals surface area contributed by atoms with Gasteiger partial charge in [-0.25, -0.2) is 4.79 Å². The summed E-state index contributed by atoms with van der Waals surface area (Å²) in [6.45, 7) is -0.650. The lowest BCUT2D eigenvalue weighted by atomic mass is 10.2. The van der Waals surface area contributed by atoms with Crippen molar-refractivity contribution in [3.8, 4) is 5.75 Å². The molecule has 0 spiro atoms. The van der Waals surface area contributed by atoms with Gasteiger partial charge in [-0.2, -0.15) is 13.2 Å². The molecule has 0 fully saturated rings. The predicted octanol–water partition coefficient (Wildman–Crippen LogP) is 3.51. The Labute approximate surface area is 141 Å². The number of hydrogen-bond donors (Lipinski definition) is 1. The summed E-state index contributed by atoms with van der Waals surface area (Å²) in [6, 6.07) is 10.7. The van der Waals surface area contributed by atoms with E-state index in [1.807, 2.05) is 0 Å². The van der Waals surface area contributed by atoms with E-state index in [-0.39, 0.29) is 11.3 Å². The van der Waals surface area contributed by atoms with Crippen molar-refractivity contribution in [1.82, 2.24) is 0 Å². The van der Waals surface area contributed by atoms with Crippen LogP contribution in [0.1, 0.15) is 15.9 Å². The minimum atomic E-state index is -4.59. The van der Waals surface area contributed by atoms with Crippen LogP contribution in [0, 0.1) is 0 Å². The lowest BCUT2D eigenvalue weighted by Crippen LogP contribution is -2.22. The van der Waals surface area contributed by atoms with Gasteiger partial charge >= 0.3 is 12.1 Å². The van der Waals surface area contributed by atoms with E-state index in [0.29, 0.717) is 0 Å². The molecule has 132 valence electrons. The van der Waals surface area contributed by atoms with E-state index in [1.165, 1.54) is 31.4 Å². The number of para-hydroxylation sites is 2. The van der Waals surface area contributed by atoms with Crippen molar-refractivity contribution >= 4 is 17.6 Å². The maximum atomic E-state index is 12.9. The van der Waals surface area contributed by atoms with Gasteiger partial charge in [-0.1, -0.05) is 24.3 Å². The fourth-order valence-corrected chi connectivity index (χ4v) is 2.04. The number of halogens is 3. The van der Waals surface area contributed by atoms with E-state index in [9.17, 15) is 22.8 Å². The van der Waals surface area contributed by atoms with Crippen LogP contribution in [-0.4, -0.2) is 25.6 Å². The number of carbonyl (C=O) groups excluding carboxylic acids is 2. The van der Waals surface area contributed by atoms with Crippen molar-refractivity contribution in [2.24, 2.45) is 0 Å². The molecule has 0 aromatic heterocycles. The van der Waals surface area contributed by atoms with Crippen LogP contribution >= 0.6 is 0 Å². The molecule has 0 aliphatic heterocycles. The molecular formula is C17H14F3NO4. The fraction of sp³-hybridized carbons (Fsp3) is 0.176. The second kappa shape index (κ2) is 7.69. The zero-order valence-electron chi connectivity index (χ0n) is 13.1. The third kappa shape index (κ3) is 4.72. The van der Waals surface area contributed by atoms with Crippen LogP contribution in [0.5, 0.6) is 5.75 Å². The maximum Gasteiger partial charge on any atom is 0.419 e. The molecule has 0 atom stereocenters. The number of alkyl halides is 3. The Balaban J connectivity index is 2.07. The highest BCUT2D eigenvalue weighted by Crippen LogP contribution is 2.35.